The van der Waals surface area contributed by atoms with Gasteiger partial charge in [0.25, 0.3) is 0 Å². The van der Waals surface area contributed by atoms with E-state index in [1.165, 1.54) is 19.3 Å². The normalized spacial score (nSPS) is 20.8. The SMILES string of the molecule is CCCC1CCN(c2c(F)cccc2CC(C)N)C1. The van der Waals surface area contributed by atoms with Gasteiger partial charge in [0.05, 0.1) is 5.69 Å². The van der Waals surface area contributed by atoms with E-state index in [9.17, 15) is 4.39 Å². The maximum Gasteiger partial charge on any atom is 0.146 e. The molecule has 1 fully saturated rings. The molecule has 1 aliphatic rings. The van der Waals surface area contributed by atoms with Gasteiger partial charge in [-0.15, -0.1) is 0 Å². The van der Waals surface area contributed by atoms with Crippen molar-refractivity contribution in [3.63, 3.8) is 0 Å². The van der Waals surface area contributed by atoms with Crippen molar-refractivity contribution in [2.24, 2.45) is 11.7 Å². The summed E-state index contributed by atoms with van der Waals surface area (Å²) in [5.74, 6) is 0.614. The number of nitrogens with zero attached hydrogens (tertiary/aromatic N) is 1. The molecule has 2 unspecified atom stereocenters. The van der Waals surface area contributed by atoms with Crippen LogP contribution in [-0.2, 0) is 6.42 Å². The van der Waals surface area contributed by atoms with Crippen LogP contribution in [0.25, 0.3) is 0 Å². The molecule has 0 aromatic heterocycles. The molecule has 2 rings (SSSR count). The Labute approximate surface area is 115 Å². The third-order valence-electron chi connectivity index (χ3n) is 3.91. The fourth-order valence-electron chi connectivity index (χ4n) is 3.11. The highest BCUT2D eigenvalue weighted by atomic mass is 19.1. The largest absolute Gasteiger partial charge is 0.369 e. The van der Waals surface area contributed by atoms with Crippen LogP contribution >= 0.6 is 0 Å². The Bertz CT molecular complexity index is 417. The molecule has 1 aromatic carbocycles. The predicted octanol–water partition coefficient (Wildman–Crippen LogP) is 3.34. The minimum atomic E-state index is -0.102. The fourth-order valence-corrected chi connectivity index (χ4v) is 3.11. The van der Waals surface area contributed by atoms with Gasteiger partial charge in [0.1, 0.15) is 5.82 Å². The third kappa shape index (κ3) is 3.47. The fraction of sp³-hybridized carbons (Fsp3) is 0.625. The van der Waals surface area contributed by atoms with Gasteiger partial charge in [-0.05, 0) is 43.7 Å². The van der Waals surface area contributed by atoms with Crippen LogP contribution < -0.4 is 10.6 Å². The van der Waals surface area contributed by atoms with Gasteiger partial charge in [-0.2, -0.15) is 0 Å². The van der Waals surface area contributed by atoms with Gasteiger partial charge >= 0.3 is 0 Å². The van der Waals surface area contributed by atoms with E-state index in [-0.39, 0.29) is 11.9 Å². The predicted molar refractivity (Wildman–Crippen MR) is 79.0 cm³/mol. The van der Waals surface area contributed by atoms with E-state index >= 15 is 0 Å². The molecule has 2 N–H and O–H groups in total. The monoisotopic (exact) mass is 264 g/mol. The summed E-state index contributed by atoms with van der Waals surface area (Å²) in [5.41, 5.74) is 7.71. The molecule has 0 spiro atoms. The van der Waals surface area contributed by atoms with Crippen molar-refractivity contribution in [1.82, 2.24) is 0 Å². The molecule has 1 aromatic rings. The van der Waals surface area contributed by atoms with E-state index in [2.05, 4.69) is 11.8 Å². The molecule has 106 valence electrons. The smallest absolute Gasteiger partial charge is 0.146 e. The molecule has 2 nitrogen and oxygen atoms in total. The van der Waals surface area contributed by atoms with Crippen LogP contribution in [0.3, 0.4) is 0 Å². The second-order valence-electron chi connectivity index (χ2n) is 5.82. The standard InChI is InChI=1S/C16H25FN2/c1-3-5-13-8-9-19(11-13)16-14(10-12(2)18)6-4-7-15(16)17/h4,6-7,12-13H,3,5,8-11,18H2,1-2H3. The minimum Gasteiger partial charge on any atom is -0.369 e. The molecule has 3 heteroatoms. The molecule has 1 heterocycles. The van der Waals surface area contributed by atoms with Crippen LogP contribution in [0.15, 0.2) is 18.2 Å². The lowest BCUT2D eigenvalue weighted by atomic mass is 10.0. The first-order chi connectivity index (χ1) is 9.11. The third-order valence-corrected chi connectivity index (χ3v) is 3.91. The summed E-state index contributed by atoms with van der Waals surface area (Å²) in [6.07, 6.45) is 4.37. The second-order valence-corrected chi connectivity index (χ2v) is 5.82. The number of para-hydroxylation sites is 1. The van der Waals surface area contributed by atoms with Crippen LogP contribution in [0.2, 0.25) is 0 Å². The van der Waals surface area contributed by atoms with E-state index in [1.54, 1.807) is 12.1 Å². The Morgan fingerprint density at radius 3 is 2.95 bits per heavy atom. The highest BCUT2D eigenvalue weighted by molar-refractivity contribution is 5.56. The molecule has 1 aliphatic heterocycles. The quantitative estimate of drug-likeness (QED) is 0.883. The molecule has 0 radical (unpaired) electrons. The van der Waals surface area contributed by atoms with Crippen LogP contribution in [0.1, 0.15) is 38.7 Å². The van der Waals surface area contributed by atoms with E-state index in [0.29, 0.717) is 5.92 Å². The molecule has 2 atom stereocenters. The molecule has 0 amide bonds. The molecule has 19 heavy (non-hydrogen) atoms. The minimum absolute atomic E-state index is 0.0644. The van der Waals surface area contributed by atoms with Crippen LogP contribution in [-0.4, -0.2) is 19.1 Å². The Morgan fingerprint density at radius 2 is 2.26 bits per heavy atom. The topological polar surface area (TPSA) is 29.3 Å². The number of rotatable bonds is 5. The summed E-state index contributed by atoms with van der Waals surface area (Å²) in [7, 11) is 0. The number of benzene rings is 1. The number of hydrogen-bond acceptors (Lipinski definition) is 2. The lowest BCUT2D eigenvalue weighted by molar-refractivity contribution is 0.528. The molecular formula is C16H25FN2. The Kier molecular flexibility index (Phi) is 4.81. The highest BCUT2D eigenvalue weighted by Crippen LogP contribution is 2.31. The Balaban J connectivity index is 2.19. The summed E-state index contributed by atoms with van der Waals surface area (Å²) in [6.45, 7) is 6.14. The average molecular weight is 264 g/mol. The number of nitrogens with two attached hydrogens (primary N) is 1. The van der Waals surface area contributed by atoms with E-state index in [0.717, 1.165) is 30.8 Å². The molecule has 1 saturated heterocycles. The van der Waals surface area contributed by atoms with Crippen LogP contribution in [0.4, 0.5) is 10.1 Å². The van der Waals surface area contributed by atoms with Crippen LogP contribution in [0, 0.1) is 11.7 Å². The average Bonchev–Trinajstić information content (AvgIpc) is 2.77. The van der Waals surface area contributed by atoms with Crippen molar-refractivity contribution >= 4 is 5.69 Å². The van der Waals surface area contributed by atoms with Gasteiger partial charge < -0.3 is 10.6 Å². The van der Waals surface area contributed by atoms with Gasteiger partial charge in [0.15, 0.2) is 0 Å². The Hall–Kier alpha value is -1.09. The molecular weight excluding hydrogens is 239 g/mol. The summed E-state index contributed by atoms with van der Waals surface area (Å²) < 4.78 is 14.2. The molecule has 0 saturated carbocycles. The number of hydrogen-bond donors (Lipinski definition) is 1. The highest BCUT2D eigenvalue weighted by Gasteiger charge is 2.25. The van der Waals surface area contributed by atoms with Gasteiger partial charge in [0.2, 0.25) is 0 Å². The van der Waals surface area contributed by atoms with Crippen molar-refractivity contribution in [2.75, 3.05) is 18.0 Å². The van der Waals surface area contributed by atoms with Crippen molar-refractivity contribution in [1.29, 1.82) is 0 Å². The van der Waals surface area contributed by atoms with E-state index in [1.807, 2.05) is 13.0 Å². The maximum atomic E-state index is 14.2. The Morgan fingerprint density at radius 1 is 1.47 bits per heavy atom. The molecule has 0 bridgehead atoms. The summed E-state index contributed by atoms with van der Waals surface area (Å²) in [4.78, 5) is 2.22. The number of anilines is 1. The summed E-state index contributed by atoms with van der Waals surface area (Å²) >= 11 is 0. The van der Waals surface area contributed by atoms with Gasteiger partial charge in [-0.3, -0.25) is 0 Å². The summed E-state index contributed by atoms with van der Waals surface area (Å²) in [6, 6.07) is 5.42. The summed E-state index contributed by atoms with van der Waals surface area (Å²) in [5, 5.41) is 0. The molecule has 0 aliphatic carbocycles. The van der Waals surface area contributed by atoms with Gasteiger partial charge in [-0.1, -0.05) is 25.5 Å². The lowest BCUT2D eigenvalue weighted by Gasteiger charge is -2.23. The van der Waals surface area contributed by atoms with Gasteiger partial charge in [-0.25, -0.2) is 4.39 Å². The van der Waals surface area contributed by atoms with Crippen molar-refractivity contribution in [2.45, 2.75) is 45.6 Å². The number of halogens is 1. The maximum absolute atomic E-state index is 14.2. The van der Waals surface area contributed by atoms with E-state index < -0.39 is 0 Å². The van der Waals surface area contributed by atoms with Crippen molar-refractivity contribution in [3.05, 3.63) is 29.6 Å². The van der Waals surface area contributed by atoms with Crippen molar-refractivity contribution < 1.29 is 4.39 Å². The first-order valence-corrected chi connectivity index (χ1v) is 7.39. The van der Waals surface area contributed by atoms with E-state index in [4.69, 9.17) is 5.73 Å². The van der Waals surface area contributed by atoms with Gasteiger partial charge in [0, 0.05) is 19.1 Å². The van der Waals surface area contributed by atoms with Crippen LogP contribution in [0.5, 0.6) is 0 Å². The second kappa shape index (κ2) is 6.38. The first kappa shape index (κ1) is 14.3. The zero-order chi connectivity index (χ0) is 13.8. The van der Waals surface area contributed by atoms with Crippen molar-refractivity contribution in [3.8, 4) is 0 Å². The zero-order valence-electron chi connectivity index (χ0n) is 12.0. The first-order valence-electron chi connectivity index (χ1n) is 7.39. The lowest BCUT2D eigenvalue weighted by Crippen LogP contribution is -2.25. The zero-order valence-corrected chi connectivity index (χ0v) is 12.0.